The first kappa shape index (κ1) is 7.10. The SMILES string of the molecule is COC(=O)C(O)C=O. The van der Waals surface area contributed by atoms with Crippen LogP contribution in [0.3, 0.4) is 0 Å². The minimum Gasteiger partial charge on any atom is -0.467 e. The van der Waals surface area contributed by atoms with Crippen molar-refractivity contribution in [3.63, 3.8) is 0 Å². The van der Waals surface area contributed by atoms with Crippen LogP contribution < -0.4 is 0 Å². The number of hydrogen-bond acceptors (Lipinski definition) is 4. The summed E-state index contributed by atoms with van der Waals surface area (Å²) in [6, 6.07) is 0. The molecule has 0 aromatic carbocycles. The molecule has 0 fully saturated rings. The van der Waals surface area contributed by atoms with Crippen LogP contribution in [0.2, 0.25) is 0 Å². The molecule has 0 bridgehead atoms. The minimum absolute atomic E-state index is 0.103. The summed E-state index contributed by atoms with van der Waals surface area (Å²) >= 11 is 0. The number of esters is 1. The van der Waals surface area contributed by atoms with Crippen LogP contribution in [0.15, 0.2) is 0 Å². The molecule has 1 unspecified atom stereocenters. The predicted molar refractivity (Wildman–Crippen MR) is 24.1 cm³/mol. The number of ether oxygens (including phenoxy) is 1. The van der Waals surface area contributed by atoms with Gasteiger partial charge in [0.1, 0.15) is 0 Å². The maximum absolute atomic E-state index is 10.0. The second kappa shape index (κ2) is 3.15. The van der Waals surface area contributed by atoms with Crippen LogP contribution in [0, 0.1) is 0 Å². The Kier molecular flexibility index (Phi) is 2.79. The van der Waals surface area contributed by atoms with Gasteiger partial charge < -0.3 is 9.84 Å². The molecule has 0 amide bonds. The van der Waals surface area contributed by atoms with E-state index in [1.54, 1.807) is 0 Å². The van der Waals surface area contributed by atoms with Gasteiger partial charge in [0.25, 0.3) is 0 Å². The molecule has 0 rings (SSSR count). The summed E-state index contributed by atoms with van der Waals surface area (Å²) in [7, 11) is 1.09. The Balaban J connectivity index is 3.62. The van der Waals surface area contributed by atoms with Gasteiger partial charge in [-0.1, -0.05) is 0 Å². The Morgan fingerprint density at radius 2 is 2.38 bits per heavy atom. The second-order valence-corrected chi connectivity index (χ2v) is 1.10. The van der Waals surface area contributed by atoms with Crippen LogP contribution in [0.4, 0.5) is 0 Å². The molecule has 4 nitrogen and oxygen atoms in total. The summed E-state index contributed by atoms with van der Waals surface area (Å²) in [4.78, 5) is 19.6. The van der Waals surface area contributed by atoms with Crippen LogP contribution in [0.1, 0.15) is 0 Å². The van der Waals surface area contributed by atoms with Gasteiger partial charge in [0.2, 0.25) is 6.10 Å². The molecule has 0 aliphatic heterocycles. The second-order valence-electron chi connectivity index (χ2n) is 1.10. The summed E-state index contributed by atoms with van der Waals surface area (Å²) in [5, 5.41) is 8.28. The number of hydrogen-bond donors (Lipinski definition) is 1. The quantitative estimate of drug-likeness (QED) is 0.278. The zero-order valence-corrected chi connectivity index (χ0v) is 4.33. The number of aldehydes is 1. The normalized spacial score (nSPS) is 12.2. The average molecular weight is 118 g/mol. The number of aliphatic hydroxyl groups excluding tert-OH is 1. The number of rotatable bonds is 2. The highest BCUT2D eigenvalue weighted by molar-refractivity contribution is 5.90. The highest BCUT2D eigenvalue weighted by Crippen LogP contribution is 1.78. The lowest BCUT2D eigenvalue weighted by molar-refractivity contribution is -0.151. The Labute approximate surface area is 46.1 Å². The Bertz CT molecular complexity index is 98.2. The molecular formula is C4H6O4. The van der Waals surface area contributed by atoms with Gasteiger partial charge in [-0.25, -0.2) is 4.79 Å². The van der Waals surface area contributed by atoms with E-state index in [0.717, 1.165) is 7.11 Å². The van der Waals surface area contributed by atoms with Gasteiger partial charge in [-0.2, -0.15) is 0 Å². The topological polar surface area (TPSA) is 63.6 Å². The third-order valence-electron chi connectivity index (χ3n) is 0.572. The summed E-state index contributed by atoms with van der Waals surface area (Å²) in [5.41, 5.74) is 0. The van der Waals surface area contributed by atoms with Crippen LogP contribution in [0.25, 0.3) is 0 Å². The average Bonchev–Trinajstić information content (AvgIpc) is 1.84. The van der Waals surface area contributed by atoms with Crippen LogP contribution in [-0.2, 0) is 14.3 Å². The van der Waals surface area contributed by atoms with Crippen molar-refractivity contribution in [2.24, 2.45) is 0 Å². The minimum atomic E-state index is -1.63. The van der Waals surface area contributed by atoms with E-state index in [0.29, 0.717) is 0 Å². The standard InChI is InChI=1S/C4H6O4/c1-8-4(7)3(6)2-5/h2-3,6H,1H3. The molecule has 0 heterocycles. The van der Waals surface area contributed by atoms with Crippen molar-refractivity contribution < 1.29 is 19.4 Å². The largest absolute Gasteiger partial charge is 0.467 e. The molecule has 0 saturated carbocycles. The molecule has 8 heavy (non-hydrogen) atoms. The monoisotopic (exact) mass is 118 g/mol. The fourth-order valence-electron chi connectivity index (χ4n) is 0.176. The van der Waals surface area contributed by atoms with Crippen LogP contribution in [-0.4, -0.2) is 30.6 Å². The van der Waals surface area contributed by atoms with Crippen LogP contribution >= 0.6 is 0 Å². The highest BCUT2D eigenvalue weighted by atomic mass is 16.5. The number of methoxy groups -OCH3 is 1. The first-order valence-corrected chi connectivity index (χ1v) is 1.93. The molecule has 0 spiro atoms. The third kappa shape index (κ3) is 1.70. The van der Waals surface area contributed by atoms with Crippen molar-refractivity contribution in [2.45, 2.75) is 6.10 Å². The molecule has 0 aliphatic rings. The zero-order valence-electron chi connectivity index (χ0n) is 4.33. The molecule has 0 aromatic heterocycles. The van der Waals surface area contributed by atoms with Gasteiger partial charge in [0, 0.05) is 0 Å². The Morgan fingerprint density at radius 1 is 1.88 bits per heavy atom. The number of carbonyl (C=O) groups excluding carboxylic acids is 2. The first-order valence-electron chi connectivity index (χ1n) is 1.93. The maximum Gasteiger partial charge on any atom is 0.342 e. The van der Waals surface area contributed by atoms with Gasteiger partial charge in [-0.05, 0) is 0 Å². The number of carbonyl (C=O) groups is 2. The first-order chi connectivity index (χ1) is 3.72. The Morgan fingerprint density at radius 3 is 2.50 bits per heavy atom. The molecule has 46 valence electrons. The van der Waals surface area contributed by atoms with Crippen molar-refractivity contribution in [1.82, 2.24) is 0 Å². The van der Waals surface area contributed by atoms with Crippen molar-refractivity contribution in [2.75, 3.05) is 7.11 Å². The fourth-order valence-corrected chi connectivity index (χ4v) is 0.176. The zero-order chi connectivity index (χ0) is 6.57. The summed E-state index contributed by atoms with van der Waals surface area (Å²) in [6.45, 7) is 0. The number of aliphatic hydroxyl groups is 1. The van der Waals surface area contributed by atoms with Crippen molar-refractivity contribution >= 4 is 12.3 Å². The van der Waals surface area contributed by atoms with E-state index in [4.69, 9.17) is 5.11 Å². The summed E-state index contributed by atoms with van der Waals surface area (Å²) < 4.78 is 3.98. The third-order valence-corrected chi connectivity index (χ3v) is 0.572. The lowest BCUT2D eigenvalue weighted by Gasteiger charge is -1.96. The maximum atomic E-state index is 10.0. The van der Waals surface area contributed by atoms with Crippen molar-refractivity contribution in [3.05, 3.63) is 0 Å². The molecule has 0 saturated heterocycles. The molecule has 0 radical (unpaired) electrons. The Hall–Kier alpha value is -0.900. The van der Waals surface area contributed by atoms with E-state index < -0.39 is 12.1 Å². The molecule has 1 N–H and O–H groups in total. The molecule has 0 aliphatic carbocycles. The molecule has 0 aromatic rings. The van der Waals surface area contributed by atoms with Gasteiger partial charge >= 0.3 is 5.97 Å². The van der Waals surface area contributed by atoms with E-state index in [9.17, 15) is 9.59 Å². The lowest BCUT2D eigenvalue weighted by Crippen LogP contribution is -2.22. The van der Waals surface area contributed by atoms with Crippen LogP contribution in [0.5, 0.6) is 0 Å². The van der Waals surface area contributed by atoms with E-state index in [1.165, 1.54) is 0 Å². The van der Waals surface area contributed by atoms with Gasteiger partial charge in [-0.3, -0.25) is 4.79 Å². The van der Waals surface area contributed by atoms with E-state index >= 15 is 0 Å². The van der Waals surface area contributed by atoms with E-state index in [1.807, 2.05) is 0 Å². The predicted octanol–water partition coefficient (Wildman–Crippen LogP) is -1.28. The van der Waals surface area contributed by atoms with Crippen molar-refractivity contribution in [1.29, 1.82) is 0 Å². The molecular weight excluding hydrogens is 112 g/mol. The van der Waals surface area contributed by atoms with Gasteiger partial charge in [0.05, 0.1) is 7.11 Å². The summed E-state index contributed by atoms with van der Waals surface area (Å²) in [6.07, 6.45) is -1.52. The molecule has 4 heteroatoms. The smallest absolute Gasteiger partial charge is 0.342 e. The van der Waals surface area contributed by atoms with Gasteiger partial charge in [0.15, 0.2) is 6.29 Å². The summed E-state index contributed by atoms with van der Waals surface area (Å²) in [5.74, 6) is -0.931. The fraction of sp³-hybridized carbons (Fsp3) is 0.500. The highest BCUT2D eigenvalue weighted by Gasteiger charge is 2.11. The van der Waals surface area contributed by atoms with Crippen molar-refractivity contribution in [3.8, 4) is 0 Å². The van der Waals surface area contributed by atoms with E-state index in [2.05, 4.69) is 4.74 Å². The molecule has 1 atom stereocenters. The van der Waals surface area contributed by atoms with Gasteiger partial charge in [-0.15, -0.1) is 0 Å². The van der Waals surface area contributed by atoms with E-state index in [-0.39, 0.29) is 6.29 Å². The lowest BCUT2D eigenvalue weighted by atomic mass is 10.4.